The van der Waals surface area contributed by atoms with Gasteiger partial charge < -0.3 is 4.90 Å². The maximum absolute atomic E-state index is 9.02. The van der Waals surface area contributed by atoms with Crippen LogP contribution in [0.1, 0.15) is 20.3 Å². The number of rotatable bonds is 1. The Morgan fingerprint density at radius 1 is 1.44 bits per heavy atom. The van der Waals surface area contributed by atoms with E-state index in [4.69, 9.17) is 16.9 Å². The molecule has 0 N–H and O–H groups in total. The second-order valence-electron chi connectivity index (χ2n) is 4.90. The molecule has 0 spiro atoms. The number of benzene rings is 1. The largest absolute Gasteiger partial charge is 0.364 e. The first-order chi connectivity index (χ1) is 7.54. The second-order valence-corrected chi connectivity index (χ2v) is 5.31. The Hall–Kier alpha value is -1.20. The molecule has 0 aliphatic carbocycles. The SMILES string of the molecule is CC1(C)CC(C#N)CN1c1ccccc1Cl. The van der Waals surface area contributed by atoms with Gasteiger partial charge in [-0.2, -0.15) is 5.26 Å². The lowest BCUT2D eigenvalue weighted by atomic mass is 9.97. The highest BCUT2D eigenvalue weighted by Gasteiger charge is 2.39. The number of nitrogens with zero attached hydrogens (tertiary/aromatic N) is 2. The molecule has 1 aromatic rings. The minimum atomic E-state index is 0.00535. The van der Waals surface area contributed by atoms with Crippen LogP contribution in [-0.2, 0) is 0 Å². The Kier molecular flexibility index (Phi) is 2.82. The van der Waals surface area contributed by atoms with Crippen molar-refractivity contribution in [2.75, 3.05) is 11.4 Å². The Balaban J connectivity index is 2.35. The number of nitriles is 1. The summed E-state index contributed by atoms with van der Waals surface area (Å²) in [5.41, 5.74) is 1.04. The number of hydrogen-bond acceptors (Lipinski definition) is 2. The van der Waals surface area contributed by atoms with E-state index in [1.165, 1.54) is 0 Å². The zero-order chi connectivity index (χ0) is 11.8. The van der Waals surface area contributed by atoms with E-state index in [1.807, 2.05) is 24.3 Å². The van der Waals surface area contributed by atoms with Crippen LogP contribution in [0.25, 0.3) is 0 Å². The zero-order valence-corrected chi connectivity index (χ0v) is 10.3. The molecule has 16 heavy (non-hydrogen) atoms. The average molecular weight is 235 g/mol. The van der Waals surface area contributed by atoms with E-state index in [0.717, 1.165) is 23.7 Å². The third-order valence-electron chi connectivity index (χ3n) is 3.21. The van der Waals surface area contributed by atoms with Gasteiger partial charge >= 0.3 is 0 Å². The van der Waals surface area contributed by atoms with Gasteiger partial charge in [0.05, 0.1) is 22.7 Å². The van der Waals surface area contributed by atoms with Gasteiger partial charge in [-0.3, -0.25) is 0 Å². The molecule has 1 aromatic carbocycles. The maximum Gasteiger partial charge on any atom is 0.0675 e. The molecule has 2 nitrogen and oxygen atoms in total. The molecule has 0 amide bonds. The van der Waals surface area contributed by atoms with E-state index in [9.17, 15) is 0 Å². The summed E-state index contributed by atoms with van der Waals surface area (Å²) in [7, 11) is 0. The average Bonchev–Trinajstić information content (AvgIpc) is 2.54. The molecule has 0 saturated carbocycles. The molecular weight excluding hydrogens is 220 g/mol. The number of para-hydroxylation sites is 1. The second kappa shape index (κ2) is 3.99. The number of halogens is 1. The van der Waals surface area contributed by atoms with Crippen molar-refractivity contribution in [3.05, 3.63) is 29.3 Å². The third-order valence-corrected chi connectivity index (χ3v) is 3.53. The first-order valence-electron chi connectivity index (χ1n) is 5.46. The zero-order valence-electron chi connectivity index (χ0n) is 9.57. The molecule has 1 unspecified atom stereocenters. The van der Waals surface area contributed by atoms with Gasteiger partial charge in [0.1, 0.15) is 0 Å². The van der Waals surface area contributed by atoms with Crippen LogP contribution in [0.15, 0.2) is 24.3 Å². The monoisotopic (exact) mass is 234 g/mol. The molecule has 0 bridgehead atoms. The van der Waals surface area contributed by atoms with Crippen LogP contribution in [0, 0.1) is 17.2 Å². The Bertz CT molecular complexity index is 434. The molecule has 2 rings (SSSR count). The lowest BCUT2D eigenvalue weighted by Gasteiger charge is -2.34. The van der Waals surface area contributed by atoms with Crippen molar-refractivity contribution in [3.63, 3.8) is 0 Å². The normalized spacial score (nSPS) is 23.1. The summed E-state index contributed by atoms with van der Waals surface area (Å²) in [6, 6.07) is 10.2. The van der Waals surface area contributed by atoms with Crippen molar-refractivity contribution < 1.29 is 0 Å². The predicted molar refractivity (Wildman–Crippen MR) is 66.6 cm³/mol. The third kappa shape index (κ3) is 1.88. The molecule has 1 fully saturated rings. The number of anilines is 1. The summed E-state index contributed by atoms with van der Waals surface area (Å²) in [4.78, 5) is 2.24. The molecule has 0 aromatic heterocycles. The van der Waals surface area contributed by atoms with Crippen molar-refractivity contribution in [2.45, 2.75) is 25.8 Å². The molecule has 3 heteroatoms. The van der Waals surface area contributed by atoms with Crippen molar-refractivity contribution in [2.24, 2.45) is 5.92 Å². The highest BCUT2D eigenvalue weighted by Crippen LogP contribution is 2.39. The summed E-state index contributed by atoms with van der Waals surface area (Å²) < 4.78 is 0. The highest BCUT2D eigenvalue weighted by molar-refractivity contribution is 6.33. The van der Waals surface area contributed by atoms with Crippen molar-refractivity contribution in [1.82, 2.24) is 0 Å². The maximum atomic E-state index is 9.02. The minimum Gasteiger partial charge on any atom is -0.364 e. The number of hydrogen-bond donors (Lipinski definition) is 0. The van der Waals surface area contributed by atoms with Crippen LogP contribution in [0.5, 0.6) is 0 Å². The lowest BCUT2D eigenvalue weighted by molar-refractivity contribution is 0.503. The fourth-order valence-electron chi connectivity index (χ4n) is 2.43. The van der Waals surface area contributed by atoms with E-state index in [-0.39, 0.29) is 11.5 Å². The molecule has 1 atom stereocenters. The van der Waals surface area contributed by atoms with Gasteiger partial charge in [-0.25, -0.2) is 0 Å². The summed E-state index contributed by atoms with van der Waals surface area (Å²) >= 11 is 6.20. The van der Waals surface area contributed by atoms with Crippen LogP contribution in [0.3, 0.4) is 0 Å². The fraction of sp³-hybridized carbons (Fsp3) is 0.462. The standard InChI is InChI=1S/C13H15ClN2/c1-13(2)7-10(8-15)9-16(13)12-6-4-3-5-11(12)14/h3-6,10H,7,9H2,1-2H3. The van der Waals surface area contributed by atoms with Crippen molar-refractivity contribution in [3.8, 4) is 6.07 Å². The molecular formula is C13H15ClN2. The summed E-state index contributed by atoms with van der Waals surface area (Å²) in [5.74, 6) is 0.103. The summed E-state index contributed by atoms with van der Waals surface area (Å²) in [6.45, 7) is 5.09. The first kappa shape index (κ1) is 11.3. The Labute approximate surface area is 101 Å². The predicted octanol–water partition coefficient (Wildman–Crippen LogP) is 3.47. The summed E-state index contributed by atoms with van der Waals surface area (Å²) in [5, 5.41) is 9.78. The first-order valence-corrected chi connectivity index (χ1v) is 5.84. The van der Waals surface area contributed by atoms with E-state index < -0.39 is 0 Å². The van der Waals surface area contributed by atoms with Crippen LogP contribution in [-0.4, -0.2) is 12.1 Å². The molecule has 1 saturated heterocycles. The van der Waals surface area contributed by atoms with E-state index in [1.54, 1.807) is 0 Å². The molecule has 1 aliphatic heterocycles. The smallest absolute Gasteiger partial charge is 0.0675 e. The molecule has 1 aliphatic rings. The quantitative estimate of drug-likeness (QED) is 0.744. The van der Waals surface area contributed by atoms with Gasteiger partial charge in [0.15, 0.2) is 0 Å². The van der Waals surface area contributed by atoms with Crippen LogP contribution >= 0.6 is 11.6 Å². The molecule has 0 radical (unpaired) electrons. The fourth-order valence-corrected chi connectivity index (χ4v) is 2.66. The van der Waals surface area contributed by atoms with E-state index >= 15 is 0 Å². The van der Waals surface area contributed by atoms with Gasteiger partial charge in [-0.05, 0) is 32.4 Å². The van der Waals surface area contributed by atoms with Crippen molar-refractivity contribution in [1.29, 1.82) is 5.26 Å². The lowest BCUT2D eigenvalue weighted by Crippen LogP contribution is -2.38. The van der Waals surface area contributed by atoms with Gasteiger partial charge in [-0.15, -0.1) is 0 Å². The van der Waals surface area contributed by atoms with E-state index in [0.29, 0.717) is 0 Å². The van der Waals surface area contributed by atoms with Crippen LogP contribution < -0.4 is 4.90 Å². The van der Waals surface area contributed by atoms with Crippen LogP contribution in [0.4, 0.5) is 5.69 Å². The van der Waals surface area contributed by atoms with Crippen molar-refractivity contribution >= 4 is 17.3 Å². The van der Waals surface area contributed by atoms with Gasteiger partial charge in [-0.1, -0.05) is 23.7 Å². The van der Waals surface area contributed by atoms with Gasteiger partial charge in [0.25, 0.3) is 0 Å². The van der Waals surface area contributed by atoms with Gasteiger partial charge in [0.2, 0.25) is 0 Å². The van der Waals surface area contributed by atoms with Crippen LogP contribution in [0.2, 0.25) is 5.02 Å². The Morgan fingerprint density at radius 2 is 2.12 bits per heavy atom. The molecule has 84 valence electrons. The Morgan fingerprint density at radius 3 is 2.69 bits per heavy atom. The molecule has 1 heterocycles. The minimum absolute atomic E-state index is 0.00535. The van der Waals surface area contributed by atoms with E-state index in [2.05, 4.69) is 24.8 Å². The highest BCUT2D eigenvalue weighted by atomic mass is 35.5. The van der Waals surface area contributed by atoms with Gasteiger partial charge in [0, 0.05) is 12.1 Å². The topological polar surface area (TPSA) is 27.0 Å². The summed E-state index contributed by atoms with van der Waals surface area (Å²) in [6.07, 6.45) is 0.898.